The van der Waals surface area contributed by atoms with Crippen molar-refractivity contribution in [2.75, 3.05) is 5.73 Å². The van der Waals surface area contributed by atoms with Crippen LogP contribution in [0.15, 0.2) is 24.3 Å². The molecule has 2 N–H and O–H groups in total. The highest BCUT2D eigenvalue weighted by Crippen LogP contribution is 2.36. The third-order valence-electron chi connectivity index (χ3n) is 2.95. The average molecular weight is 254 g/mol. The van der Waals surface area contributed by atoms with Gasteiger partial charge in [-0.2, -0.15) is 0 Å². The van der Waals surface area contributed by atoms with Gasteiger partial charge < -0.3 is 5.73 Å². The number of nitrogens with zero attached hydrogens (tertiary/aromatic N) is 1. The number of anilines is 1. The van der Waals surface area contributed by atoms with Crippen LogP contribution in [0, 0.1) is 0 Å². The van der Waals surface area contributed by atoms with Crippen LogP contribution in [0.4, 0.5) is 5.69 Å². The first-order valence-electron chi connectivity index (χ1n) is 5.18. The third kappa shape index (κ3) is 1.59. The van der Waals surface area contributed by atoms with Crippen LogP contribution in [0.2, 0.25) is 0 Å². The lowest BCUT2D eigenvalue weighted by Gasteiger charge is -2.43. The van der Waals surface area contributed by atoms with Gasteiger partial charge in [0, 0.05) is 5.69 Å². The van der Waals surface area contributed by atoms with Crippen LogP contribution in [0.1, 0.15) is 19.4 Å². The third-order valence-corrected chi connectivity index (χ3v) is 5.29. The second-order valence-electron chi connectivity index (χ2n) is 4.57. The Morgan fingerprint density at radius 1 is 1.35 bits per heavy atom. The molecule has 1 aliphatic heterocycles. The number of hydrogen-bond acceptors (Lipinski definition) is 4. The zero-order chi connectivity index (χ0) is 12.8. The van der Waals surface area contributed by atoms with E-state index in [1.54, 1.807) is 24.3 Å². The van der Waals surface area contributed by atoms with E-state index < -0.39 is 14.8 Å². The lowest BCUT2D eigenvalue weighted by Crippen LogP contribution is -2.66. The molecule has 0 saturated carbocycles. The number of rotatable bonds is 2. The van der Waals surface area contributed by atoms with Crippen LogP contribution in [-0.2, 0) is 21.4 Å². The van der Waals surface area contributed by atoms with Crippen molar-refractivity contribution in [3.63, 3.8) is 0 Å². The van der Waals surface area contributed by atoms with E-state index in [9.17, 15) is 13.2 Å². The highest BCUT2D eigenvalue weighted by Gasteiger charge is 2.59. The van der Waals surface area contributed by atoms with E-state index in [4.69, 9.17) is 5.73 Å². The molecule has 0 radical (unpaired) electrons. The molecule has 0 bridgehead atoms. The molecule has 92 valence electrons. The zero-order valence-electron chi connectivity index (χ0n) is 9.67. The molecular weight excluding hydrogens is 240 g/mol. The Morgan fingerprint density at radius 2 is 2.00 bits per heavy atom. The topological polar surface area (TPSA) is 80.5 Å². The van der Waals surface area contributed by atoms with Crippen molar-refractivity contribution >= 4 is 21.6 Å². The van der Waals surface area contributed by atoms with Crippen LogP contribution >= 0.6 is 0 Å². The fourth-order valence-corrected chi connectivity index (χ4v) is 3.29. The summed E-state index contributed by atoms with van der Waals surface area (Å²) >= 11 is 0. The molecule has 0 aromatic heterocycles. The number of hydrogen-bond donors (Lipinski definition) is 1. The Kier molecular flexibility index (Phi) is 2.43. The lowest BCUT2D eigenvalue weighted by atomic mass is 10.1. The molecule has 1 amide bonds. The van der Waals surface area contributed by atoms with Gasteiger partial charge in [-0.05, 0) is 31.5 Å². The molecular formula is C11H14N2O3S. The Morgan fingerprint density at radius 3 is 2.53 bits per heavy atom. The normalized spacial score (nSPS) is 21.1. The molecule has 5 nitrogen and oxygen atoms in total. The summed E-state index contributed by atoms with van der Waals surface area (Å²) in [5.41, 5.74) is 6.85. The highest BCUT2D eigenvalue weighted by atomic mass is 32.2. The van der Waals surface area contributed by atoms with E-state index in [0.717, 1.165) is 4.31 Å². The minimum atomic E-state index is -3.52. The summed E-state index contributed by atoms with van der Waals surface area (Å²) in [6.07, 6.45) is 0. The molecule has 0 aliphatic carbocycles. The van der Waals surface area contributed by atoms with Crippen molar-refractivity contribution < 1.29 is 13.2 Å². The molecule has 1 heterocycles. The average Bonchev–Trinajstić information content (AvgIpc) is 2.24. The predicted octanol–water partition coefficient (Wildman–Crippen LogP) is 0.719. The number of nitrogen functional groups attached to an aromatic ring is 1. The van der Waals surface area contributed by atoms with Gasteiger partial charge in [-0.25, -0.2) is 12.7 Å². The highest BCUT2D eigenvalue weighted by molar-refractivity contribution is 7.94. The van der Waals surface area contributed by atoms with Gasteiger partial charge >= 0.3 is 0 Å². The Bertz CT molecular complexity index is 578. The monoisotopic (exact) mass is 254 g/mol. The van der Waals surface area contributed by atoms with Gasteiger partial charge in [0.15, 0.2) is 4.75 Å². The van der Waals surface area contributed by atoms with Crippen molar-refractivity contribution in [2.24, 2.45) is 0 Å². The van der Waals surface area contributed by atoms with E-state index >= 15 is 0 Å². The first kappa shape index (κ1) is 11.9. The molecule has 1 aromatic rings. The quantitative estimate of drug-likeness (QED) is 0.788. The van der Waals surface area contributed by atoms with Gasteiger partial charge in [0.1, 0.15) is 0 Å². The number of carbonyl (C=O) groups is 1. The first-order valence-corrected chi connectivity index (χ1v) is 6.62. The number of carbonyl (C=O) groups excluding carboxylic acids is 1. The van der Waals surface area contributed by atoms with Crippen molar-refractivity contribution in [1.82, 2.24) is 4.31 Å². The summed E-state index contributed by atoms with van der Waals surface area (Å²) in [6.45, 7) is 2.89. The zero-order valence-corrected chi connectivity index (χ0v) is 10.5. The maximum Gasteiger partial charge on any atom is 0.259 e. The second kappa shape index (κ2) is 3.46. The molecule has 0 spiro atoms. The standard InChI is InChI=1S/C11H14N2O3S/c1-11(2)10(14)13(17(11,15)16)7-8-4-3-5-9(12)6-8/h3-6H,7,12H2,1-2H3. The van der Waals surface area contributed by atoms with Gasteiger partial charge in [0.25, 0.3) is 15.9 Å². The predicted molar refractivity (Wildman–Crippen MR) is 64.4 cm³/mol. The minimum Gasteiger partial charge on any atom is -0.399 e. The van der Waals surface area contributed by atoms with Crippen LogP contribution in [0.5, 0.6) is 0 Å². The van der Waals surface area contributed by atoms with Crippen molar-refractivity contribution in [1.29, 1.82) is 0 Å². The number of nitrogens with two attached hydrogens (primary N) is 1. The number of sulfonamides is 1. The van der Waals surface area contributed by atoms with Crippen LogP contribution < -0.4 is 5.73 Å². The maximum absolute atomic E-state index is 11.8. The fourth-order valence-electron chi connectivity index (χ4n) is 1.77. The van der Waals surface area contributed by atoms with E-state index in [2.05, 4.69) is 0 Å². The molecule has 1 aliphatic rings. The molecule has 1 fully saturated rings. The summed E-state index contributed by atoms with van der Waals surface area (Å²) < 4.78 is 23.3. The van der Waals surface area contributed by atoms with Crippen LogP contribution in [0.3, 0.4) is 0 Å². The summed E-state index contributed by atoms with van der Waals surface area (Å²) in [5.74, 6) is -0.375. The maximum atomic E-state index is 11.8. The largest absolute Gasteiger partial charge is 0.399 e. The van der Waals surface area contributed by atoms with E-state index in [0.29, 0.717) is 11.3 Å². The molecule has 0 atom stereocenters. The van der Waals surface area contributed by atoms with E-state index in [-0.39, 0.29) is 12.5 Å². The van der Waals surface area contributed by atoms with Crippen molar-refractivity contribution in [2.45, 2.75) is 25.1 Å². The Hall–Kier alpha value is -1.56. The molecule has 2 rings (SSSR count). The molecule has 1 aromatic carbocycles. The van der Waals surface area contributed by atoms with Gasteiger partial charge in [-0.15, -0.1) is 0 Å². The first-order chi connectivity index (χ1) is 7.76. The summed E-state index contributed by atoms with van der Waals surface area (Å²) in [6, 6.07) is 6.84. The number of benzene rings is 1. The Labute approximate surface area is 100 Å². The van der Waals surface area contributed by atoms with Crippen molar-refractivity contribution in [3.05, 3.63) is 29.8 Å². The Balaban J connectivity index is 2.26. The van der Waals surface area contributed by atoms with E-state index in [1.165, 1.54) is 13.8 Å². The van der Waals surface area contributed by atoms with Crippen LogP contribution in [0.25, 0.3) is 0 Å². The van der Waals surface area contributed by atoms with Gasteiger partial charge in [-0.1, -0.05) is 12.1 Å². The summed E-state index contributed by atoms with van der Waals surface area (Å²) in [5, 5.41) is 0. The lowest BCUT2D eigenvalue weighted by molar-refractivity contribution is -0.132. The smallest absolute Gasteiger partial charge is 0.259 e. The molecule has 17 heavy (non-hydrogen) atoms. The minimum absolute atomic E-state index is 0.0512. The van der Waals surface area contributed by atoms with Crippen LogP contribution in [-0.4, -0.2) is 23.4 Å². The number of amides is 1. The van der Waals surface area contributed by atoms with E-state index in [1.807, 2.05) is 0 Å². The van der Waals surface area contributed by atoms with Gasteiger partial charge in [0.05, 0.1) is 6.54 Å². The van der Waals surface area contributed by atoms with Gasteiger partial charge in [-0.3, -0.25) is 4.79 Å². The second-order valence-corrected chi connectivity index (χ2v) is 6.98. The molecule has 0 unspecified atom stereocenters. The SMILES string of the molecule is CC1(C)C(=O)N(Cc2cccc(N)c2)S1(=O)=O. The summed E-state index contributed by atoms with van der Waals surface area (Å²) in [4.78, 5) is 11.7. The fraction of sp³-hybridized carbons (Fsp3) is 0.364. The summed E-state index contributed by atoms with van der Waals surface area (Å²) in [7, 11) is -3.52. The molecule has 6 heteroatoms. The van der Waals surface area contributed by atoms with Gasteiger partial charge in [0.2, 0.25) is 0 Å². The van der Waals surface area contributed by atoms with Crippen molar-refractivity contribution in [3.8, 4) is 0 Å². The molecule has 1 saturated heterocycles.